The minimum Gasteiger partial charge on any atom is -0.377 e. The Balaban J connectivity index is 1.52. The molecule has 3 rings (SSSR count). The SMILES string of the molecule is CN=C(NCC1CCCOC1C(C)(C)C)N1CCC(Cc2cnn(C)c2)C1. The Kier molecular flexibility index (Phi) is 6.45. The normalized spacial score (nSPS) is 27.2. The zero-order valence-electron chi connectivity index (χ0n) is 17.7. The van der Waals surface area contributed by atoms with E-state index < -0.39 is 0 Å². The fraction of sp³-hybridized carbons (Fsp3) is 0.810. The van der Waals surface area contributed by atoms with Gasteiger partial charge in [-0.2, -0.15) is 5.10 Å². The Bertz CT molecular complexity index is 633. The Morgan fingerprint density at radius 3 is 2.85 bits per heavy atom. The summed E-state index contributed by atoms with van der Waals surface area (Å²) in [5.74, 6) is 2.26. The summed E-state index contributed by atoms with van der Waals surface area (Å²) in [7, 11) is 3.88. The maximum atomic E-state index is 6.13. The summed E-state index contributed by atoms with van der Waals surface area (Å²) in [6.07, 6.45) is 9.14. The summed E-state index contributed by atoms with van der Waals surface area (Å²) >= 11 is 0. The van der Waals surface area contributed by atoms with Crippen LogP contribution >= 0.6 is 0 Å². The molecule has 2 aliphatic rings. The van der Waals surface area contributed by atoms with Crippen molar-refractivity contribution in [2.75, 3.05) is 33.3 Å². The quantitative estimate of drug-likeness (QED) is 0.649. The molecule has 3 unspecified atom stereocenters. The molecule has 1 N–H and O–H groups in total. The molecule has 1 aromatic heterocycles. The van der Waals surface area contributed by atoms with Crippen molar-refractivity contribution < 1.29 is 4.74 Å². The summed E-state index contributed by atoms with van der Waals surface area (Å²) in [5.41, 5.74) is 1.51. The van der Waals surface area contributed by atoms with E-state index in [1.54, 1.807) is 0 Å². The van der Waals surface area contributed by atoms with Gasteiger partial charge in [0.15, 0.2) is 5.96 Å². The maximum Gasteiger partial charge on any atom is 0.193 e. The van der Waals surface area contributed by atoms with Crippen molar-refractivity contribution in [3.63, 3.8) is 0 Å². The number of rotatable bonds is 4. The van der Waals surface area contributed by atoms with Crippen LogP contribution in [0.2, 0.25) is 0 Å². The largest absolute Gasteiger partial charge is 0.377 e. The lowest BCUT2D eigenvalue weighted by Gasteiger charge is -2.40. The molecule has 27 heavy (non-hydrogen) atoms. The van der Waals surface area contributed by atoms with Gasteiger partial charge in [-0.05, 0) is 42.6 Å². The number of likely N-dealkylation sites (tertiary alicyclic amines) is 1. The lowest BCUT2D eigenvalue weighted by Crippen LogP contribution is -2.48. The number of nitrogens with one attached hydrogen (secondary N) is 1. The molecule has 2 aliphatic heterocycles. The van der Waals surface area contributed by atoms with Gasteiger partial charge >= 0.3 is 0 Å². The molecular weight excluding hydrogens is 338 g/mol. The van der Waals surface area contributed by atoms with Gasteiger partial charge in [-0.15, -0.1) is 0 Å². The molecule has 0 radical (unpaired) electrons. The number of aromatic nitrogens is 2. The average Bonchev–Trinajstić information content (AvgIpc) is 3.24. The van der Waals surface area contributed by atoms with Crippen molar-refractivity contribution in [3.05, 3.63) is 18.0 Å². The first-order chi connectivity index (χ1) is 12.9. The van der Waals surface area contributed by atoms with Gasteiger partial charge in [-0.25, -0.2) is 0 Å². The Hall–Kier alpha value is -1.56. The van der Waals surface area contributed by atoms with E-state index in [0.717, 1.165) is 45.0 Å². The molecule has 0 amide bonds. The van der Waals surface area contributed by atoms with Crippen molar-refractivity contribution in [1.82, 2.24) is 20.0 Å². The molecule has 0 spiro atoms. The van der Waals surface area contributed by atoms with E-state index in [2.05, 4.69) is 47.3 Å². The highest BCUT2D eigenvalue weighted by atomic mass is 16.5. The molecule has 3 atom stereocenters. The monoisotopic (exact) mass is 375 g/mol. The third kappa shape index (κ3) is 5.24. The van der Waals surface area contributed by atoms with Crippen LogP contribution in [-0.4, -0.2) is 60.0 Å². The van der Waals surface area contributed by atoms with Gasteiger partial charge in [0.25, 0.3) is 0 Å². The second-order valence-corrected chi connectivity index (χ2v) is 9.31. The first-order valence-corrected chi connectivity index (χ1v) is 10.4. The fourth-order valence-electron chi connectivity index (χ4n) is 4.67. The number of hydrogen-bond acceptors (Lipinski definition) is 3. The first kappa shape index (κ1) is 20.2. The van der Waals surface area contributed by atoms with E-state index >= 15 is 0 Å². The molecule has 0 saturated carbocycles. The minimum atomic E-state index is 0.179. The van der Waals surface area contributed by atoms with Gasteiger partial charge in [0.05, 0.1) is 12.3 Å². The summed E-state index contributed by atoms with van der Waals surface area (Å²) in [6.45, 7) is 10.8. The van der Waals surface area contributed by atoms with Crippen LogP contribution in [0.3, 0.4) is 0 Å². The fourth-order valence-corrected chi connectivity index (χ4v) is 4.67. The van der Waals surface area contributed by atoms with E-state index in [1.165, 1.54) is 18.4 Å². The third-order valence-electron chi connectivity index (χ3n) is 5.90. The van der Waals surface area contributed by atoms with Crippen molar-refractivity contribution in [3.8, 4) is 0 Å². The molecule has 0 bridgehead atoms. The summed E-state index contributed by atoms with van der Waals surface area (Å²) in [6, 6.07) is 0. The minimum absolute atomic E-state index is 0.179. The Morgan fingerprint density at radius 1 is 1.37 bits per heavy atom. The van der Waals surface area contributed by atoms with E-state index in [1.807, 2.05) is 25.0 Å². The highest BCUT2D eigenvalue weighted by Crippen LogP contribution is 2.33. The van der Waals surface area contributed by atoms with Gasteiger partial charge in [-0.1, -0.05) is 20.8 Å². The number of aliphatic imine (C=N–C) groups is 1. The van der Waals surface area contributed by atoms with Crippen molar-refractivity contribution >= 4 is 5.96 Å². The highest BCUT2D eigenvalue weighted by molar-refractivity contribution is 5.80. The molecule has 6 heteroatoms. The number of ether oxygens (including phenoxy) is 1. The maximum absolute atomic E-state index is 6.13. The number of aryl methyl sites for hydroxylation is 1. The second kappa shape index (κ2) is 8.63. The summed E-state index contributed by atoms with van der Waals surface area (Å²) in [4.78, 5) is 6.97. The molecule has 6 nitrogen and oxygen atoms in total. The van der Waals surface area contributed by atoms with E-state index in [9.17, 15) is 0 Å². The number of guanidine groups is 1. The summed E-state index contributed by atoms with van der Waals surface area (Å²) in [5, 5.41) is 7.94. The van der Waals surface area contributed by atoms with Crippen LogP contribution in [0.1, 0.15) is 45.6 Å². The van der Waals surface area contributed by atoms with Gasteiger partial charge in [-0.3, -0.25) is 9.67 Å². The van der Waals surface area contributed by atoms with Crippen LogP contribution in [0.4, 0.5) is 0 Å². The van der Waals surface area contributed by atoms with Crippen LogP contribution < -0.4 is 5.32 Å². The predicted octanol–water partition coefficient (Wildman–Crippen LogP) is 2.70. The van der Waals surface area contributed by atoms with E-state index in [-0.39, 0.29) is 5.41 Å². The molecule has 2 fully saturated rings. The topological polar surface area (TPSA) is 54.7 Å². The van der Waals surface area contributed by atoms with Crippen molar-refractivity contribution in [1.29, 1.82) is 0 Å². The third-order valence-corrected chi connectivity index (χ3v) is 5.90. The van der Waals surface area contributed by atoms with Crippen LogP contribution in [0, 0.1) is 17.3 Å². The Labute approximate surface area is 164 Å². The van der Waals surface area contributed by atoms with Crippen LogP contribution in [0.25, 0.3) is 0 Å². The van der Waals surface area contributed by atoms with E-state index in [0.29, 0.717) is 17.9 Å². The Morgan fingerprint density at radius 2 is 2.19 bits per heavy atom. The van der Waals surface area contributed by atoms with Gasteiger partial charge < -0.3 is 15.0 Å². The average molecular weight is 376 g/mol. The number of nitrogens with zero attached hydrogens (tertiary/aromatic N) is 4. The second-order valence-electron chi connectivity index (χ2n) is 9.31. The van der Waals surface area contributed by atoms with Crippen molar-refractivity contribution in [2.24, 2.45) is 29.3 Å². The van der Waals surface area contributed by atoms with Crippen LogP contribution in [0.5, 0.6) is 0 Å². The van der Waals surface area contributed by atoms with Gasteiger partial charge in [0, 0.05) is 52.5 Å². The molecule has 2 saturated heterocycles. The smallest absolute Gasteiger partial charge is 0.193 e. The van der Waals surface area contributed by atoms with Gasteiger partial charge in [0.1, 0.15) is 0 Å². The number of hydrogen-bond donors (Lipinski definition) is 1. The van der Waals surface area contributed by atoms with Crippen LogP contribution in [0.15, 0.2) is 17.4 Å². The lowest BCUT2D eigenvalue weighted by atomic mass is 9.78. The molecule has 0 aromatic carbocycles. The van der Waals surface area contributed by atoms with Gasteiger partial charge in [0.2, 0.25) is 0 Å². The standard InChI is InChI=1S/C21H37N5O/c1-21(2,3)19-18(7-6-10-27-19)13-23-20(22-4)26-9-8-16(15-26)11-17-12-24-25(5)14-17/h12,14,16,18-19H,6-11,13,15H2,1-5H3,(H,22,23). The van der Waals surface area contributed by atoms with Crippen LogP contribution in [-0.2, 0) is 18.2 Å². The predicted molar refractivity (Wildman–Crippen MR) is 110 cm³/mol. The molecule has 0 aliphatic carbocycles. The molecule has 3 heterocycles. The molecule has 152 valence electrons. The zero-order chi connectivity index (χ0) is 19.4. The molecule has 1 aromatic rings. The lowest BCUT2D eigenvalue weighted by molar-refractivity contribution is -0.0836. The zero-order valence-corrected chi connectivity index (χ0v) is 17.7. The molecular formula is C21H37N5O. The highest BCUT2D eigenvalue weighted by Gasteiger charge is 2.35. The summed E-state index contributed by atoms with van der Waals surface area (Å²) < 4.78 is 8.02. The van der Waals surface area contributed by atoms with E-state index in [4.69, 9.17) is 4.74 Å². The van der Waals surface area contributed by atoms with Crippen molar-refractivity contribution in [2.45, 2.75) is 52.6 Å². The first-order valence-electron chi connectivity index (χ1n) is 10.4.